The molecule has 11 heteroatoms. The Kier molecular flexibility index (Phi) is 9.17. The second-order valence-corrected chi connectivity index (χ2v) is 17.9. The van der Waals surface area contributed by atoms with E-state index in [0.717, 1.165) is 17.8 Å². The molecule has 0 unspecified atom stereocenters. The largest absolute Gasteiger partial charge is 0.477 e. The number of amidine groups is 1. The fourth-order valence-electron chi connectivity index (χ4n) is 2.92. The molecule has 0 saturated heterocycles. The SMILES string of the molecule is CC(C)(C)OC(=O)N(COCC[Si](C)(C)C)C1=N[C@](C)(c2cc(Br)ccc2F)C=C(C(=O)O)S1. The van der Waals surface area contributed by atoms with E-state index in [1.165, 1.54) is 17.0 Å². The zero-order chi connectivity index (χ0) is 25.9. The first-order valence-electron chi connectivity index (χ1n) is 10.8. The van der Waals surface area contributed by atoms with Crippen molar-refractivity contribution in [1.29, 1.82) is 0 Å². The van der Waals surface area contributed by atoms with Gasteiger partial charge in [-0.3, -0.25) is 0 Å². The van der Waals surface area contributed by atoms with Gasteiger partial charge in [-0.25, -0.2) is 23.9 Å². The lowest BCUT2D eigenvalue weighted by molar-refractivity contribution is -0.131. The fourth-order valence-corrected chi connectivity index (χ4v) is 5.08. The molecule has 0 bridgehead atoms. The van der Waals surface area contributed by atoms with E-state index in [1.807, 2.05) is 0 Å². The van der Waals surface area contributed by atoms with Crippen molar-refractivity contribution in [3.05, 3.63) is 45.0 Å². The average molecular weight is 576 g/mol. The summed E-state index contributed by atoms with van der Waals surface area (Å²) in [5.41, 5.74) is -2.00. The van der Waals surface area contributed by atoms with Gasteiger partial charge in [-0.05, 0) is 69.8 Å². The van der Waals surface area contributed by atoms with Crippen LogP contribution in [0, 0.1) is 5.82 Å². The van der Waals surface area contributed by atoms with Crippen LogP contribution < -0.4 is 0 Å². The van der Waals surface area contributed by atoms with Gasteiger partial charge in [0.05, 0.1) is 4.91 Å². The van der Waals surface area contributed by atoms with Crippen LogP contribution in [0.3, 0.4) is 0 Å². The van der Waals surface area contributed by atoms with E-state index in [4.69, 9.17) is 9.47 Å². The summed E-state index contributed by atoms with van der Waals surface area (Å²) in [6.07, 6.45) is 0.656. The summed E-state index contributed by atoms with van der Waals surface area (Å²) >= 11 is 4.13. The number of benzene rings is 1. The Labute approximate surface area is 213 Å². The van der Waals surface area contributed by atoms with Gasteiger partial charge in [0.25, 0.3) is 0 Å². The van der Waals surface area contributed by atoms with Gasteiger partial charge in [0.2, 0.25) is 0 Å². The second kappa shape index (κ2) is 10.9. The molecule has 0 spiro atoms. The molecule has 1 amide bonds. The number of hydrogen-bond donors (Lipinski definition) is 1. The molecule has 1 atom stereocenters. The Hall–Kier alpha value is -1.69. The molecule has 7 nitrogen and oxygen atoms in total. The highest BCUT2D eigenvalue weighted by atomic mass is 79.9. The zero-order valence-corrected chi connectivity index (χ0v) is 24.0. The minimum absolute atomic E-state index is 0.0593. The Morgan fingerprint density at radius 3 is 2.50 bits per heavy atom. The lowest BCUT2D eigenvalue weighted by atomic mass is 9.91. The molecule has 0 radical (unpaired) electrons. The number of aliphatic imine (C=N–C) groups is 1. The molecule has 0 aliphatic carbocycles. The Balaban J connectivity index is 2.50. The van der Waals surface area contributed by atoms with E-state index >= 15 is 0 Å². The van der Waals surface area contributed by atoms with Gasteiger partial charge < -0.3 is 14.6 Å². The maximum atomic E-state index is 14.8. The molecule has 0 saturated carbocycles. The smallest absolute Gasteiger partial charge is 0.418 e. The van der Waals surface area contributed by atoms with Crippen molar-refractivity contribution in [3.63, 3.8) is 0 Å². The molecule has 0 aromatic heterocycles. The van der Waals surface area contributed by atoms with Gasteiger partial charge in [-0.1, -0.05) is 35.6 Å². The third-order valence-electron chi connectivity index (χ3n) is 4.69. The zero-order valence-electron chi connectivity index (χ0n) is 20.6. The molecular formula is C23H32BrFN2O5SSi. The minimum Gasteiger partial charge on any atom is -0.477 e. The fraction of sp³-hybridized carbons (Fsp3) is 0.522. The Bertz CT molecular complexity index is 1010. The summed E-state index contributed by atoms with van der Waals surface area (Å²) in [5.74, 6) is -1.75. The van der Waals surface area contributed by atoms with Gasteiger partial charge in [-0.2, -0.15) is 0 Å². The number of carbonyl (C=O) groups excluding carboxylic acids is 1. The van der Waals surface area contributed by atoms with Crippen LogP contribution in [0.1, 0.15) is 33.3 Å². The monoisotopic (exact) mass is 574 g/mol. The molecule has 0 fully saturated rings. The number of carboxylic acids is 1. The van der Waals surface area contributed by atoms with Crippen LogP contribution in [0.15, 0.2) is 38.6 Å². The number of carboxylic acid groups (broad SMARTS) is 1. The Morgan fingerprint density at radius 1 is 1.29 bits per heavy atom. The average Bonchev–Trinajstić information content (AvgIpc) is 2.67. The van der Waals surface area contributed by atoms with E-state index in [9.17, 15) is 19.1 Å². The highest BCUT2D eigenvalue weighted by Crippen LogP contribution is 2.40. The summed E-state index contributed by atoms with van der Waals surface area (Å²) in [6, 6.07) is 5.26. The van der Waals surface area contributed by atoms with Crippen LogP contribution in [0.5, 0.6) is 0 Å². The molecule has 1 heterocycles. The molecule has 1 aliphatic heterocycles. The van der Waals surface area contributed by atoms with E-state index in [-0.39, 0.29) is 22.4 Å². The molecule has 1 aromatic carbocycles. The predicted octanol–water partition coefficient (Wildman–Crippen LogP) is 6.42. The van der Waals surface area contributed by atoms with Crippen LogP contribution >= 0.6 is 27.7 Å². The number of hydrogen-bond acceptors (Lipinski definition) is 6. The first kappa shape index (κ1) is 28.5. The van der Waals surface area contributed by atoms with E-state index in [1.54, 1.807) is 39.8 Å². The van der Waals surface area contributed by atoms with Crippen LogP contribution in [0.25, 0.3) is 0 Å². The molecule has 34 heavy (non-hydrogen) atoms. The molecular weight excluding hydrogens is 543 g/mol. The summed E-state index contributed by atoms with van der Waals surface area (Å²) in [7, 11) is -1.37. The maximum absolute atomic E-state index is 14.8. The van der Waals surface area contributed by atoms with E-state index < -0.39 is 37.1 Å². The lowest BCUT2D eigenvalue weighted by Crippen LogP contribution is -2.43. The molecule has 1 aliphatic rings. The highest BCUT2D eigenvalue weighted by molar-refractivity contribution is 9.10. The first-order chi connectivity index (χ1) is 15.5. The van der Waals surface area contributed by atoms with Crippen LogP contribution in [-0.4, -0.2) is 54.2 Å². The van der Waals surface area contributed by atoms with Crippen molar-refractivity contribution in [1.82, 2.24) is 4.90 Å². The van der Waals surface area contributed by atoms with Gasteiger partial charge in [0.15, 0.2) is 5.17 Å². The summed E-state index contributed by atoms with van der Waals surface area (Å²) in [5, 5.41) is 9.82. The van der Waals surface area contributed by atoms with Crippen molar-refractivity contribution in [2.24, 2.45) is 4.99 Å². The van der Waals surface area contributed by atoms with Crippen LogP contribution in [0.4, 0.5) is 9.18 Å². The summed E-state index contributed by atoms with van der Waals surface area (Å²) in [6.45, 7) is 13.7. The first-order valence-corrected chi connectivity index (χ1v) is 16.1. The topological polar surface area (TPSA) is 88.4 Å². The number of carbonyl (C=O) groups is 2. The lowest BCUT2D eigenvalue weighted by Gasteiger charge is -2.33. The third kappa shape index (κ3) is 8.21. The highest BCUT2D eigenvalue weighted by Gasteiger charge is 2.38. The van der Waals surface area contributed by atoms with Crippen LogP contribution in [-0.2, 0) is 19.8 Å². The minimum atomic E-state index is -1.37. The third-order valence-corrected chi connectivity index (χ3v) is 7.89. The second-order valence-electron chi connectivity index (χ2n) is 10.3. The van der Waals surface area contributed by atoms with Gasteiger partial charge >= 0.3 is 12.1 Å². The number of aliphatic carboxylic acids is 1. The number of halogens is 2. The summed E-state index contributed by atoms with van der Waals surface area (Å²) in [4.78, 5) is 30.8. The molecule has 1 aromatic rings. The standard InChI is InChI=1S/C23H32BrFN2O5SSi/c1-22(2,3)32-21(30)27(14-31-10-11-34(5,6)7)20-26-23(4,13-18(33-20)19(28)29)16-12-15(24)8-9-17(16)25/h8-9,12-13H,10-11,14H2,1-7H3,(H,28,29)/t23-/m0/s1. The van der Waals surface area contributed by atoms with Crippen LogP contribution in [0.2, 0.25) is 25.7 Å². The quantitative estimate of drug-likeness (QED) is 0.229. The number of ether oxygens (including phenoxy) is 2. The van der Waals surface area contributed by atoms with Gasteiger partial charge in [-0.15, -0.1) is 0 Å². The number of thioether (sulfide) groups is 1. The van der Waals surface area contributed by atoms with Crippen molar-refractivity contribution in [3.8, 4) is 0 Å². The maximum Gasteiger partial charge on any atom is 0.418 e. The van der Waals surface area contributed by atoms with E-state index in [2.05, 4.69) is 40.6 Å². The van der Waals surface area contributed by atoms with Crippen molar-refractivity contribution in [2.45, 2.75) is 64.5 Å². The van der Waals surface area contributed by atoms with Crippen molar-refractivity contribution < 1.29 is 28.6 Å². The van der Waals surface area contributed by atoms with E-state index in [0.29, 0.717) is 11.1 Å². The van der Waals surface area contributed by atoms with Crippen molar-refractivity contribution >= 4 is 53.0 Å². The normalized spacial score (nSPS) is 18.7. The molecule has 2 rings (SSSR count). The Morgan fingerprint density at radius 2 is 1.94 bits per heavy atom. The van der Waals surface area contributed by atoms with Gasteiger partial charge in [0.1, 0.15) is 23.7 Å². The molecule has 188 valence electrons. The number of amides is 1. The van der Waals surface area contributed by atoms with Gasteiger partial charge in [0, 0.05) is 24.7 Å². The molecule has 1 N–H and O–H groups in total. The number of nitrogens with zero attached hydrogens (tertiary/aromatic N) is 2. The number of rotatable bonds is 7. The van der Waals surface area contributed by atoms with Crippen molar-refractivity contribution in [2.75, 3.05) is 13.3 Å². The summed E-state index contributed by atoms with van der Waals surface area (Å²) < 4.78 is 26.7. The predicted molar refractivity (Wildman–Crippen MR) is 139 cm³/mol.